The molecular formula is C13H25NO2. The minimum absolute atomic E-state index is 0.309. The standard InChI is InChI=1S/C13H25NO2/c1-11-5-4-6-12(9-8-11)14-10-3-2-7-13(15)16/h11-12,14H,2-10H2,1H3,(H,15,16). The van der Waals surface area contributed by atoms with Crippen molar-refractivity contribution in [2.24, 2.45) is 5.92 Å². The van der Waals surface area contributed by atoms with Crippen molar-refractivity contribution in [1.29, 1.82) is 0 Å². The van der Waals surface area contributed by atoms with Gasteiger partial charge in [0.25, 0.3) is 0 Å². The molecule has 2 unspecified atom stereocenters. The summed E-state index contributed by atoms with van der Waals surface area (Å²) in [5.41, 5.74) is 0. The number of carbonyl (C=O) groups is 1. The average molecular weight is 227 g/mol. The maximum absolute atomic E-state index is 10.3. The van der Waals surface area contributed by atoms with Crippen LogP contribution in [0.1, 0.15) is 58.3 Å². The molecule has 0 saturated heterocycles. The minimum Gasteiger partial charge on any atom is -0.481 e. The molecule has 0 radical (unpaired) electrons. The van der Waals surface area contributed by atoms with Gasteiger partial charge in [-0.2, -0.15) is 0 Å². The van der Waals surface area contributed by atoms with Gasteiger partial charge in [-0.3, -0.25) is 4.79 Å². The predicted octanol–water partition coefficient (Wildman–Crippen LogP) is 2.80. The molecule has 1 fully saturated rings. The molecule has 16 heavy (non-hydrogen) atoms. The number of unbranched alkanes of at least 4 members (excludes halogenated alkanes) is 1. The third-order valence-corrected chi connectivity index (χ3v) is 3.51. The molecule has 0 aromatic carbocycles. The van der Waals surface area contributed by atoms with Crippen molar-refractivity contribution in [2.75, 3.05) is 6.54 Å². The Bertz CT molecular complexity index is 206. The Balaban J connectivity index is 2.01. The largest absolute Gasteiger partial charge is 0.481 e. The molecule has 0 aromatic rings. The minimum atomic E-state index is -0.678. The van der Waals surface area contributed by atoms with Crippen LogP contribution < -0.4 is 5.32 Å². The summed E-state index contributed by atoms with van der Waals surface area (Å²) < 4.78 is 0. The molecule has 2 atom stereocenters. The number of hydrogen-bond acceptors (Lipinski definition) is 2. The van der Waals surface area contributed by atoms with Crippen LogP contribution in [-0.2, 0) is 4.79 Å². The van der Waals surface area contributed by atoms with E-state index in [9.17, 15) is 4.79 Å². The predicted molar refractivity (Wildman–Crippen MR) is 65.5 cm³/mol. The Morgan fingerprint density at radius 2 is 2.06 bits per heavy atom. The molecule has 0 spiro atoms. The van der Waals surface area contributed by atoms with Crippen LogP contribution in [0.15, 0.2) is 0 Å². The average Bonchev–Trinajstić information content (AvgIpc) is 2.43. The van der Waals surface area contributed by atoms with Gasteiger partial charge in [0, 0.05) is 12.5 Å². The summed E-state index contributed by atoms with van der Waals surface area (Å²) in [5.74, 6) is 0.210. The summed E-state index contributed by atoms with van der Waals surface area (Å²) in [5, 5.41) is 12.1. The summed E-state index contributed by atoms with van der Waals surface area (Å²) in [6.07, 6.45) is 8.73. The lowest BCUT2D eigenvalue weighted by Gasteiger charge is -2.16. The molecule has 0 aromatic heterocycles. The second-order valence-corrected chi connectivity index (χ2v) is 5.12. The molecule has 1 saturated carbocycles. The fourth-order valence-corrected chi connectivity index (χ4v) is 2.40. The molecule has 0 amide bonds. The van der Waals surface area contributed by atoms with E-state index >= 15 is 0 Å². The number of rotatable bonds is 6. The van der Waals surface area contributed by atoms with Crippen molar-refractivity contribution in [3.8, 4) is 0 Å². The van der Waals surface area contributed by atoms with Crippen LogP contribution in [0.5, 0.6) is 0 Å². The van der Waals surface area contributed by atoms with E-state index in [4.69, 9.17) is 5.11 Å². The van der Waals surface area contributed by atoms with E-state index in [-0.39, 0.29) is 0 Å². The molecule has 1 aliphatic carbocycles. The van der Waals surface area contributed by atoms with Crippen molar-refractivity contribution < 1.29 is 9.90 Å². The van der Waals surface area contributed by atoms with Gasteiger partial charge in [0.05, 0.1) is 0 Å². The fourth-order valence-electron chi connectivity index (χ4n) is 2.40. The Kier molecular flexibility index (Phi) is 6.46. The molecule has 0 aliphatic heterocycles. The molecule has 0 heterocycles. The maximum Gasteiger partial charge on any atom is 0.303 e. The smallest absolute Gasteiger partial charge is 0.303 e. The molecule has 2 N–H and O–H groups in total. The Morgan fingerprint density at radius 3 is 2.81 bits per heavy atom. The van der Waals surface area contributed by atoms with Gasteiger partial charge in [0.1, 0.15) is 0 Å². The number of carboxylic acids is 1. The second-order valence-electron chi connectivity index (χ2n) is 5.12. The van der Waals surface area contributed by atoms with Gasteiger partial charge in [-0.15, -0.1) is 0 Å². The van der Waals surface area contributed by atoms with Gasteiger partial charge in [0.2, 0.25) is 0 Å². The first-order valence-electron chi connectivity index (χ1n) is 6.63. The van der Waals surface area contributed by atoms with E-state index in [1.807, 2.05) is 0 Å². The Morgan fingerprint density at radius 1 is 1.25 bits per heavy atom. The van der Waals surface area contributed by atoms with Crippen LogP contribution in [0.2, 0.25) is 0 Å². The Labute approximate surface area is 98.6 Å². The number of aliphatic carboxylic acids is 1. The molecule has 94 valence electrons. The van der Waals surface area contributed by atoms with E-state index in [0.717, 1.165) is 25.3 Å². The summed E-state index contributed by atoms with van der Waals surface area (Å²) in [6, 6.07) is 0.676. The lowest BCUT2D eigenvalue weighted by Crippen LogP contribution is -2.29. The normalized spacial score (nSPS) is 26.3. The van der Waals surface area contributed by atoms with E-state index in [1.165, 1.54) is 32.1 Å². The highest BCUT2D eigenvalue weighted by Gasteiger charge is 2.15. The summed E-state index contributed by atoms with van der Waals surface area (Å²) in [7, 11) is 0. The van der Waals surface area contributed by atoms with Crippen LogP contribution in [-0.4, -0.2) is 23.7 Å². The van der Waals surface area contributed by atoms with E-state index < -0.39 is 5.97 Å². The summed E-state index contributed by atoms with van der Waals surface area (Å²) in [4.78, 5) is 10.3. The summed E-state index contributed by atoms with van der Waals surface area (Å²) in [6.45, 7) is 3.32. The van der Waals surface area contributed by atoms with Gasteiger partial charge in [-0.25, -0.2) is 0 Å². The zero-order chi connectivity index (χ0) is 11.8. The third kappa shape index (κ3) is 6.11. The third-order valence-electron chi connectivity index (χ3n) is 3.51. The fraction of sp³-hybridized carbons (Fsp3) is 0.923. The van der Waals surface area contributed by atoms with Crippen LogP contribution in [0, 0.1) is 5.92 Å². The topological polar surface area (TPSA) is 49.3 Å². The lowest BCUT2D eigenvalue weighted by atomic mass is 10.0. The lowest BCUT2D eigenvalue weighted by molar-refractivity contribution is -0.137. The summed E-state index contributed by atoms with van der Waals surface area (Å²) >= 11 is 0. The molecular weight excluding hydrogens is 202 g/mol. The highest BCUT2D eigenvalue weighted by atomic mass is 16.4. The van der Waals surface area contributed by atoms with Gasteiger partial charge in [-0.1, -0.05) is 19.8 Å². The van der Waals surface area contributed by atoms with Gasteiger partial charge in [0.15, 0.2) is 0 Å². The highest BCUT2D eigenvalue weighted by Crippen LogP contribution is 2.22. The van der Waals surface area contributed by atoms with Gasteiger partial charge < -0.3 is 10.4 Å². The Hall–Kier alpha value is -0.570. The van der Waals surface area contributed by atoms with Gasteiger partial charge >= 0.3 is 5.97 Å². The van der Waals surface area contributed by atoms with E-state index in [1.54, 1.807) is 0 Å². The van der Waals surface area contributed by atoms with Crippen molar-refractivity contribution in [3.63, 3.8) is 0 Å². The monoisotopic (exact) mass is 227 g/mol. The number of carboxylic acid groups (broad SMARTS) is 1. The number of hydrogen-bond donors (Lipinski definition) is 2. The van der Waals surface area contributed by atoms with Crippen LogP contribution in [0.4, 0.5) is 0 Å². The molecule has 3 heteroatoms. The molecule has 1 aliphatic rings. The maximum atomic E-state index is 10.3. The zero-order valence-electron chi connectivity index (χ0n) is 10.4. The molecule has 3 nitrogen and oxygen atoms in total. The van der Waals surface area contributed by atoms with Gasteiger partial charge in [-0.05, 0) is 44.6 Å². The van der Waals surface area contributed by atoms with Crippen LogP contribution >= 0.6 is 0 Å². The SMILES string of the molecule is CC1CCCC(NCCCCC(=O)O)CC1. The first kappa shape index (κ1) is 13.5. The van der Waals surface area contributed by atoms with Crippen LogP contribution in [0.3, 0.4) is 0 Å². The van der Waals surface area contributed by atoms with Crippen LogP contribution in [0.25, 0.3) is 0 Å². The molecule has 1 rings (SSSR count). The van der Waals surface area contributed by atoms with E-state index in [2.05, 4.69) is 12.2 Å². The van der Waals surface area contributed by atoms with Crippen molar-refractivity contribution in [3.05, 3.63) is 0 Å². The van der Waals surface area contributed by atoms with Crippen molar-refractivity contribution in [1.82, 2.24) is 5.32 Å². The van der Waals surface area contributed by atoms with Crippen molar-refractivity contribution in [2.45, 2.75) is 64.3 Å². The zero-order valence-corrected chi connectivity index (χ0v) is 10.4. The second kappa shape index (κ2) is 7.66. The number of nitrogens with one attached hydrogen (secondary N) is 1. The van der Waals surface area contributed by atoms with E-state index in [0.29, 0.717) is 12.5 Å². The first-order chi connectivity index (χ1) is 7.68. The first-order valence-corrected chi connectivity index (χ1v) is 6.63. The van der Waals surface area contributed by atoms with Crippen molar-refractivity contribution >= 4 is 5.97 Å². The molecule has 0 bridgehead atoms. The highest BCUT2D eigenvalue weighted by molar-refractivity contribution is 5.66. The quantitative estimate of drug-likeness (QED) is 0.542.